The Bertz CT molecular complexity index is 808. The maximum absolute atomic E-state index is 13.0. The Kier molecular flexibility index (Phi) is 6.10. The molecule has 0 atom stereocenters. The van der Waals surface area contributed by atoms with Crippen LogP contribution in [0.4, 0.5) is 24.5 Å². The van der Waals surface area contributed by atoms with Crippen molar-refractivity contribution in [1.29, 1.82) is 0 Å². The minimum Gasteiger partial charge on any atom is -0.494 e. The fourth-order valence-corrected chi connectivity index (χ4v) is 2.20. The maximum atomic E-state index is 13.0. The third-order valence-corrected chi connectivity index (χ3v) is 3.40. The predicted octanol–water partition coefficient (Wildman–Crippen LogP) is 4.33. The van der Waals surface area contributed by atoms with Crippen LogP contribution in [-0.4, -0.2) is 18.4 Å². The molecule has 26 heavy (non-hydrogen) atoms. The van der Waals surface area contributed by atoms with Crippen LogP contribution < -0.4 is 15.4 Å². The number of anilines is 2. The van der Waals surface area contributed by atoms with Crippen molar-refractivity contribution in [1.82, 2.24) is 0 Å². The van der Waals surface area contributed by atoms with Gasteiger partial charge in [0.25, 0.3) is 0 Å². The Labute approximate surface area is 152 Å². The minimum absolute atomic E-state index is 0.144. The fourth-order valence-electron chi connectivity index (χ4n) is 2.03. The molecule has 0 saturated carbocycles. The summed E-state index contributed by atoms with van der Waals surface area (Å²) in [5.41, 5.74) is -1.42. The number of rotatable bonds is 4. The van der Waals surface area contributed by atoms with Gasteiger partial charge in [0.05, 0.1) is 17.9 Å². The van der Waals surface area contributed by atoms with Crippen molar-refractivity contribution in [2.45, 2.75) is 13.1 Å². The summed E-state index contributed by atoms with van der Waals surface area (Å²) in [5.74, 6) is -1.78. The number of carbonyl (C=O) groups excluding carboxylic acids is 2. The van der Waals surface area contributed by atoms with E-state index in [2.05, 4.69) is 5.32 Å². The first-order chi connectivity index (χ1) is 12.2. The first-order valence-corrected chi connectivity index (χ1v) is 7.80. The first kappa shape index (κ1) is 19.6. The van der Waals surface area contributed by atoms with E-state index in [1.165, 1.54) is 18.2 Å². The molecule has 138 valence electrons. The Morgan fingerprint density at radius 3 is 2.23 bits per heavy atom. The topological polar surface area (TPSA) is 67.4 Å². The smallest absolute Gasteiger partial charge is 0.418 e. The van der Waals surface area contributed by atoms with Crippen LogP contribution in [0.5, 0.6) is 5.75 Å². The highest BCUT2D eigenvalue weighted by molar-refractivity contribution is 6.43. The highest BCUT2D eigenvalue weighted by Crippen LogP contribution is 2.36. The number of benzene rings is 2. The second kappa shape index (κ2) is 8.09. The minimum atomic E-state index is -4.74. The highest BCUT2D eigenvalue weighted by atomic mass is 35.5. The Hall–Kier alpha value is -2.74. The van der Waals surface area contributed by atoms with Crippen molar-refractivity contribution >= 4 is 34.8 Å². The van der Waals surface area contributed by atoms with Crippen LogP contribution in [0.3, 0.4) is 0 Å². The van der Waals surface area contributed by atoms with Gasteiger partial charge in [0.1, 0.15) is 5.75 Å². The lowest BCUT2D eigenvalue weighted by Crippen LogP contribution is -2.30. The lowest BCUT2D eigenvalue weighted by molar-refractivity contribution is -0.137. The third-order valence-electron chi connectivity index (χ3n) is 3.16. The van der Waals surface area contributed by atoms with Gasteiger partial charge in [-0.05, 0) is 49.4 Å². The van der Waals surface area contributed by atoms with Crippen molar-refractivity contribution in [3.05, 3.63) is 53.1 Å². The molecule has 9 heteroatoms. The van der Waals surface area contributed by atoms with E-state index < -0.39 is 29.2 Å². The summed E-state index contributed by atoms with van der Waals surface area (Å²) in [7, 11) is 0. The van der Waals surface area contributed by atoms with E-state index in [0.717, 1.165) is 6.07 Å². The van der Waals surface area contributed by atoms with Crippen LogP contribution in [0.1, 0.15) is 12.5 Å². The Balaban J connectivity index is 2.09. The normalized spacial score (nSPS) is 11.0. The van der Waals surface area contributed by atoms with Crippen molar-refractivity contribution < 1.29 is 27.5 Å². The zero-order valence-electron chi connectivity index (χ0n) is 13.5. The molecule has 0 aliphatic carbocycles. The summed E-state index contributed by atoms with van der Waals surface area (Å²) in [5, 5.41) is 4.08. The number of ether oxygens (including phenoxy) is 1. The van der Waals surface area contributed by atoms with Gasteiger partial charge >= 0.3 is 18.0 Å². The second-order valence-electron chi connectivity index (χ2n) is 5.05. The van der Waals surface area contributed by atoms with E-state index in [-0.39, 0.29) is 5.02 Å². The molecule has 0 spiro atoms. The van der Waals surface area contributed by atoms with Gasteiger partial charge in [-0.2, -0.15) is 13.2 Å². The van der Waals surface area contributed by atoms with Crippen LogP contribution >= 0.6 is 11.6 Å². The number of hydrogen-bond donors (Lipinski definition) is 2. The zero-order chi connectivity index (χ0) is 19.3. The molecule has 2 aromatic carbocycles. The molecule has 0 unspecified atom stereocenters. The van der Waals surface area contributed by atoms with Crippen molar-refractivity contribution in [3.8, 4) is 5.75 Å². The Morgan fingerprint density at radius 1 is 1.04 bits per heavy atom. The number of alkyl halides is 3. The average molecular weight is 387 g/mol. The summed E-state index contributed by atoms with van der Waals surface area (Å²) < 4.78 is 44.3. The van der Waals surface area contributed by atoms with Crippen molar-refractivity contribution in [3.63, 3.8) is 0 Å². The summed E-state index contributed by atoms with van der Waals surface area (Å²) in [4.78, 5) is 23.8. The van der Waals surface area contributed by atoms with Gasteiger partial charge in [-0.25, -0.2) is 0 Å². The molecule has 0 heterocycles. The molecule has 0 saturated heterocycles. The predicted molar refractivity (Wildman–Crippen MR) is 91.3 cm³/mol. The van der Waals surface area contributed by atoms with E-state index in [1.54, 1.807) is 12.1 Å². The molecular weight excluding hydrogens is 373 g/mol. The highest BCUT2D eigenvalue weighted by Gasteiger charge is 2.34. The standard InChI is InChI=1S/C17H14ClF3N2O3/c1-2-26-12-6-4-11(5-7-12)22-15(24)16(25)23-14-8-3-10(18)9-13(14)17(19,20)21/h3-9H,2H2,1H3,(H,22,24)(H,23,25). The van der Waals surface area contributed by atoms with Crippen LogP contribution in [-0.2, 0) is 15.8 Å². The van der Waals surface area contributed by atoms with Crippen LogP contribution in [0.15, 0.2) is 42.5 Å². The molecular formula is C17H14ClF3N2O3. The maximum Gasteiger partial charge on any atom is 0.418 e. The lowest BCUT2D eigenvalue weighted by Gasteiger charge is -2.14. The van der Waals surface area contributed by atoms with Gasteiger partial charge in [0, 0.05) is 10.7 Å². The quantitative estimate of drug-likeness (QED) is 0.768. The number of nitrogens with one attached hydrogen (secondary N) is 2. The third kappa shape index (κ3) is 5.13. The van der Waals surface area contributed by atoms with Gasteiger partial charge < -0.3 is 15.4 Å². The fraction of sp³-hybridized carbons (Fsp3) is 0.176. The molecule has 2 aromatic rings. The van der Waals surface area contributed by atoms with Gasteiger partial charge in [-0.15, -0.1) is 0 Å². The summed E-state index contributed by atoms with van der Waals surface area (Å²) in [6.07, 6.45) is -4.74. The van der Waals surface area contributed by atoms with Crippen molar-refractivity contribution in [2.24, 2.45) is 0 Å². The van der Waals surface area contributed by atoms with Crippen LogP contribution in [0.25, 0.3) is 0 Å². The molecule has 0 aromatic heterocycles. The lowest BCUT2D eigenvalue weighted by atomic mass is 10.1. The van der Waals surface area contributed by atoms with Crippen LogP contribution in [0.2, 0.25) is 5.02 Å². The van der Waals surface area contributed by atoms with E-state index in [1.807, 2.05) is 12.2 Å². The molecule has 2 amide bonds. The van der Waals surface area contributed by atoms with Crippen LogP contribution in [0, 0.1) is 0 Å². The molecule has 0 bridgehead atoms. The monoisotopic (exact) mass is 386 g/mol. The van der Waals surface area contributed by atoms with E-state index >= 15 is 0 Å². The molecule has 5 nitrogen and oxygen atoms in total. The molecule has 0 aliphatic heterocycles. The Morgan fingerprint density at radius 2 is 1.65 bits per heavy atom. The molecule has 2 rings (SSSR count). The van der Waals surface area contributed by atoms with Gasteiger partial charge in [-0.3, -0.25) is 9.59 Å². The summed E-state index contributed by atoms with van der Waals surface area (Å²) in [6, 6.07) is 8.99. The number of amides is 2. The first-order valence-electron chi connectivity index (χ1n) is 7.42. The number of halogens is 4. The molecule has 0 aliphatic rings. The second-order valence-corrected chi connectivity index (χ2v) is 5.49. The van der Waals surface area contributed by atoms with Gasteiger partial charge in [0.15, 0.2) is 0 Å². The van der Waals surface area contributed by atoms with Gasteiger partial charge in [-0.1, -0.05) is 11.6 Å². The molecule has 2 N–H and O–H groups in total. The zero-order valence-corrected chi connectivity index (χ0v) is 14.2. The van der Waals surface area contributed by atoms with E-state index in [4.69, 9.17) is 16.3 Å². The number of carbonyl (C=O) groups is 2. The molecule has 0 fully saturated rings. The van der Waals surface area contributed by atoms with Gasteiger partial charge in [0.2, 0.25) is 0 Å². The summed E-state index contributed by atoms with van der Waals surface area (Å²) >= 11 is 5.56. The largest absolute Gasteiger partial charge is 0.494 e. The van der Waals surface area contributed by atoms with E-state index in [0.29, 0.717) is 24.1 Å². The van der Waals surface area contributed by atoms with Crippen molar-refractivity contribution in [2.75, 3.05) is 17.2 Å². The average Bonchev–Trinajstić information content (AvgIpc) is 2.57. The summed E-state index contributed by atoms with van der Waals surface area (Å²) in [6.45, 7) is 2.28. The number of hydrogen-bond acceptors (Lipinski definition) is 3. The van der Waals surface area contributed by atoms with E-state index in [9.17, 15) is 22.8 Å². The molecule has 0 radical (unpaired) electrons. The SMILES string of the molecule is CCOc1ccc(NC(=O)C(=O)Nc2ccc(Cl)cc2C(F)(F)F)cc1.